The lowest BCUT2D eigenvalue weighted by Gasteiger charge is -2.23. The Labute approximate surface area is 203 Å². The molecule has 0 unspecified atom stereocenters. The van der Waals surface area contributed by atoms with E-state index in [0.29, 0.717) is 11.5 Å². The maximum absolute atomic E-state index is 12.6. The highest BCUT2D eigenvalue weighted by Crippen LogP contribution is 2.32. The molecule has 1 amide bonds. The second kappa shape index (κ2) is 10.6. The predicted octanol–water partition coefficient (Wildman–Crippen LogP) is 2.30. The first-order valence-corrected chi connectivity index (χ1v) is 13.4. The van der Waals surface area contributed by atoms with Crippen LogP contribution in [-0.4, -0.2) is 54.7 Å². The Morgan fingerprint density at radius 2 is 1.63 bits per heavy atom. The van der Waals surface area contributed by atoms with Crippen LogP contribution in [0.25, 0.3) is 0 Å². The topological polar surface area (TPSA) is 144 Å². The molecule has 0 aliphatic rings. The Morgan fingerprint density at radius 1 is 0.943 bits per heavy atom. The molecule has 3 aromatic rings. The molecule has 3 rings (SSSR count). The van der Waals surface area contributed by atoms with Gasteiger partial charge in [0.05, 0.1) is 31.1 Å². The number of anilines is 3. The molecular formula is C22H24N4O7S2. The molecule has 2 aromatic carbocycles. The van der Waals surface area contributed by atoms with E-state index in [0.717, 1.165) is 10.6 Å². The summed E-state index contributed by atoms with van der Waals surface area (Å²) in [6.45, 7) is -0.518. The molecule has 0 bridgehead atoms. The van der Waals surface area contributed by atoms with Crippen LogP contribution in [0.4, 0.5) is 17.2 Å². The molecule has 2 N–H and O–H groups in total. The molecule has 0 fully saturated rings. The Hall–Kier alpha value is -3.84. The van der Waals surface area contributed by atoms with Crippen molar-refractivity contribution in [3.8, 4) is 11.5 Å². The summed E-state index contributed by atoms with van der Waals surface area (Å²) in [4.78, 5) is 16.5. The van der Waals surface area contributed by atoms with Gasteiger partial charge in [-0.3, -0.25) is 13.8 Å². The van der Waals surface area contributed by atoms with Gasteiger partial charge in [0.1, 0.15) is 12.4 Å². The summed E-state index contributed by atoms with van der Waals surface area (Å²) in [6, 6.07) is 14.7. The number of benzene rings is 2. The molecule has 0 saturated heterocycles. The average molecular weight is 521 g/mol. The molecule has 35 heavy (non-hydrogen) atoms. The largest absolute Gasteiger partial charge is 0.493 e. The third-order valence-corrected chi connectivity index (χ3v) is 7.21. The fourth-order valence-corrected chi connectivity index (χ4v) is 4.90. The van der Waals surface area contributed by atoms with Gasteiger partial charge in [-0.1, -0.05) is 6.07 Å². The van der Waals surface area contributed by atoms with Gasteiger partial charge in [0.25, 0.3) is 10.0 Å². The van der Waals surface area contributed by atoms with Crippen molar-refractivity contribution in [3.05, 3.63) is 66.9 Å². The summed E-state index contributed by atoms with van der Waals surface area (Å²) in [6.07, 6.45) is 2.43. The maximum atomic E-state index is 12.6. The number of carbonyl (C=O) groups is 1. The van der Waals surface area contributed by atoms with Crippen LogP contribution in [0.1, 0.15) is 0 Å². The number of ether oxygens (including phenoxy) is 2. The monoisotopic (exact) mass is 520 g/mol. The molecule has 1 aromatic heterocycles. The van der Waals surface area contributed by atoms with Crippen molar-refractivity contribution in [2.45, 2.75) is 4.90 Å². The number of pyridine rings is 1. The number of amides is 1. The molecule has 11 nitrogen and oxygen atoms in total. The zero-order valence-corrected chi connectivity index (χ0v) is 20.8. The van der Waals surface area contributed by atoms with E-state index >= 15 is 0 Å². The zero-order valence-electron chi connectivity index (χ0n) is 19.1. The van der Waals surface area contributed by atoms with E-state index in [1.165, 1.54) is 68.9 Å². The van der Waals surface area contributed by atoms with Gasteiger partial charge in [-0.05, 0) is 48.5 Å². The lowest BCUT2D eigenvalue weighted by atomic mass is 10.2. The Morgan fingerprint density at radius 3 is 2.20 bits per heavy atom. The number of hydrogen-bond acceptors (Lipinski definition) is 8. The zero-order chi connectivity index (χ0) is 25.6. The fraction of sp³-hybridized carbons (Fsp3) is 0.182. The second-order valence-corrected chi connectivity index (χ2v) is 10.8. The van der Waals surface area contributed by atoms with Crippen molar-refractivity contribution in [1.82, 2.24) is 4.98 Å². The number of rotatable bonds is 10. The third kappa shape index (κ3) is 6.61. The smallest absolute Gasteiger partial charge is 0.263 e. The van der Waals surface area contributed by atoms with E-state index in [2.05, 4.69) is 15.0 Å². The van der Waals surface area contributed by atoms with Gasteiger partial charge < -0.3 is 14.8 Å². The minimum absolute atomic E-state index is 0.0377. The first-order valence-electron chi connectivity index (χ1n) is 10.1. The first-order chi connectivity index (χ1) is 16.5. The normalized spacial score (nSPS) is 11.4. The number of sulfonamides is 2. The quantitative estimate of drug-likeness (QED) is 0.414. The van der Waals surface area contributed by atoms with E-state index in [1.807, 2.05) is 0 Å². The van der Waals surface area contributed by atoms with Gasteiger partial charge in [0.2, 0.25) is 15.9 Å². The van der Waals surface area contributed by atoms with E-state index in [1.54, 1.807) is 12.1 Å². The summed E-state index contributed by atoms with van der Waals surface area (Å²) in [5.41, 5.74) is 0.495. The molecule has 1 heterocycles. The van der Waals surface area contributed by atoms with Crippen LogP contribution in [0.5, 0.6) is 11.5 Å². The minimum atomic E-state index is -3.88. The maximum Gasteiger partial charge on any atom is 0.263 e. The summed E-state index contributed by atoms with van der Waals surface area (Å²) < 4.78 is 63.4. The standard InChI is InChI=1S/C22H24N4O7S2/c1-32-19-12-9-17(14-20(19)33-2)26(34(3,28)29)15-22(27)24-16-7-10-18(11-8-16)35(30,31)25-21-6-4-5-13-23-21/h4-14H,15H2,1-3H3,(H,23,25)(H,24,27). The van der Waals surface area contributed by atoms with Crippen LogP contribution in [0.2, 0.25) is 0 Å². The highest BCUT2D eigenvalue weighted by molar-refractivity contribution is 7.92. The Kier molecular flexibility index (Phi) is 7.82. The third-order valence-electron chi connectivity index (χ3n) is 4.69. The lowest BCUT2D eigenvalue weighted by molar-refractivity contribution is -0.114. The first kappa shape index (κ1) is 25.8. The summed E-state index contributed by atoms with van der Waals surface area (Å²) in [5.74, 6) is 0.241. The molecule has 0 aliphatic heterocycles. The van der Waals surface area contributed by atoms with E-state index < -0.39 is 32.5 Å². The summed E-state index contributed by atoms with van der Waals surface area (Å²) >= 11 is 0. The van der Waals surface area contributed by atoms with E-state index in [9.17, 15) is 21.6 Å². The highest BCUT2D eigenvalue weighted by Gasteiger charge is 2.23. The van der Waals surface area contributed by atoms with Crippen molar-refractivity contribution in [2.75, 3.05) is 41.4 Å². The van der Waals surface area contributed by atoms with Crippen molar-refractivity contribution >= 4 is 43.1 Å². The van der Waals surface area contributed by atoms with Gasteiger partial charge in [-0.15, -0.1) is 0 Å². The number of carbonyl (C=O) groups excluding carboxylic acids is 1. The average Bonchev–Trinajstić information content (AvgIpc) is 2.82. The van der Waals surface area contributed by atoms with Gasteiger partial charge in [-0.25, -0.2) is 21.8 Å². The lowest BCUT2D eigenvalue weighted by Crippen LogP contribution is -2.37. The van der Waals surface area contributed by atoms with Crippen molar-refractivity contribution in [1.29, 1.82) is 0 Å². The van der Waals surface area contributed by atoms with Crippen LogP contribution < -0.4 is 23.8 Å². The molecular weight excluding hydrogens is 496 g/mol. The van der Waals surface area contributed by atoms with Gasteiger partial charge >= 0.3 is 0 Å². The molecule has 186 valence electrons. The van der Waals surface area contributed by atoms with Gasteiger partial charge in [-0.2, -0.15) is 0 Å². The summed E-state index contributed by atoms with van der Waals surface area (Å²) in [5, 5.41) is 2.57. The number of methoxy groups -OCH3 is 2. The number of aromatic nitrogens is 1. The second-order valence-electron chi connectivity index (χ2n) is 7.20. The number of hydrogen-bond donors (Lipinski definition) is 2. The van der Waals surface area contributed by atoms with Crippen LogP contribution in [0, 0.1) is 0 Å². The van der Waals surface area contributed by atoms with Crippen molar-refractivity contribution < 1.29 is 31.1 Å². The molecule has 13 heteroatoms. The number of nitrogens with zero attached hydrogens (tertiary/aromatic N) is 2. The van der Waals surface area contributed by atoms with Gasteiger partial charge in [0, 0.05) is 18.0 Å². The number of nitrogens with one attached hydrogen (secondary N) is 2. The molecule has 0 atom stereocenters. The van der Waals surface area contributed by atoms with Crippen LogP contribution >= 0.6 is 0 Å². The van der Waals surface area contributed by atoms with Crippen molar-refractivity contribution in [2.24, 2.45) is 0 Å². The molecule has 0 spiro atoms. The fourth-order valence-electron chi connectivity index (χ4n) is 3.05. The molecule has 0 radical (unpaired) electrons. The molecule has 0 saturated carbocycles. The van der Waals surface area contributed by atoms with Crippen LogP contribution in [-0.2, 0) is 24.8 Å². The molecule has 0 aliphatic carbocycles. The van der Waals surface area contributed by atoms with E-state index in [-0.39, 0.29) is 22.1 Å². The summed E-state index contributed by atoms with van der Waals surface area (Å²) in [7, 11) is -4.84. The predicted molar refractivity (Wildman–Crippen MR) is 132 cm³/mol. The SMILES string of the molecule is COc1ccc(N(CC(=O)Nc2ccc(S(=O)(=O)Nc3ccccn3)cc2)S(C)(=O)=O)cc1OC. The van der Waals surface area contributed by atoms with Crippen LogP contribution in [0.3, 0.4) is 0 Å². The Bertz CT molecular complexity index is 1400. The minimum Gasteiger partial charge on any atom is -0.493 e. The van der Waals surface area contributed by atoms with E-state index in [4.69, 9.17) is 9.47 Å². The van der Waals surface area contributed by atoms with Crippen molar-refractivity contribution in [3.63, 3.8) is 0 Å². The van der Waals surface area contributed by atoms with Crippen LogP contribution in [0.15, 0.2) is 71.8 Å². The highest BCUT2D eigenvalue weighted by atomic mass is 32.2. The van der Waals surface area contributed by atoms with Gasteiger partial charge in [0.15, 0.2) is 11.5 Å². The Balaban J connectivity index is 1.74.